The molecule has 2 aromatic rings. The van der Waals surface area contributed by atoms with Crippen molar-refractivity contribution in [3.8, 4) is 5.75 Å². The maximum atomic E-state index is 15.1. The third kappa shape index (κ3) is 4.71. The number of halogens is 1. The number of fused-ring (bicyclic) bond motifs is 1. The molecule has 1 heterocycles. The summed E-state index contributed by atoms with van der Waals surface area (Å²) in [5, 5.41) is 0. The van der Waals surface area contributed by atoms with E-state index in [-0.39, 0.29) is 5.56 Å². The van der Waals surface area contributed by atoms with Gasteiger partial charge in [-0.25, -0.2) is 12.8 Å². The summed E-state index contributed by atoms with van der Waals surface area (Å²) in [5.74, 6) is -0.272. The predicted molar refractivity (Wildman–Crippen MR) is 113 cm³/mol. The van der Waals surface area contributed by atoms with E-state index in [2.05, 4.69) is 5.43 Å². The maximum absolute atomic E-state index is 15.1. The molecular formula is C22H25FN2O4S. The number of sulfonamides is 1. The molecule has 0 fully saturated rings. The van der Waals surface area contributed by atoms with Crippen LogP contribution in [-0.2, 0) is 14.8 Å². The number of amides is 1. The number of rotatable bonds is 5. The maximum Gasteiger partial charge on any atom is 0.280 e. The Morgan fingerprint density at radius 3 is 2.30 bits per heavy atom. The lowest BCUT2D eigenvalue weighted by molar-refractivity contribution is -0.131. The van der Waals surface area contributed by atoms with Crippen LogP contribution < -0.4 is 10.2 Å². The van der Waals surface area contributed by atoms with Gasteiger partial charge in [0, 0.05) is 11.1 Å². The third-order valence-corrected chi connectivity index (χ3v) is 5.71. The van der Waals surface area contributed by atoms with Crippen LogP contribution in [0.5, 0.6) is 5.75 Å². The number of para-hydroxylation sites is 1. The second kappa shape index (κ2) is 8.20. The van der Waals surface area contributed by atoms with Gasteiger partial charge in [-0.3, -0.25) is 10.2 Å². The Morgan fingerprint density at radius 1 is 1.10 bits per heavy atom. The highest BCUT2D eigenvalue weighted by Crippen LogP contribution is 2.38. The van der Waals surface area contributed by atoms with Crippen molar-refractivity contribution >= 4 is 22.0 Å². The van der Waals surface area contributed by atoms with Crippen LogP contribution in [0, 0.1) is 5.41 Å². The molecule has 2 unspecified atom stereocenters. The zero-order chi connectivity index (χ0) is 22.1. The van der Waals surface area contributed by atoms with Crippen LogP contribution >= 0.6 is 0 Å². The second-order valence-electron chi connectivity index (χ2n) is 8.17. The van der Waals surface area contributed by atoms with Gasteiger partial charge in [-0.1, -0.05) is 73.7 Å². The summed E-state index contributed by atoms with van der Waals surface area (Å²) in [6, 6.07) is 15.0. The van der Waals surface area contributed by atoms with Crippen molar-refractivity contribution in [2.24, 2.45) is 5.41 Å². The summed E-state index contributed by atoms with van der Waals surface area (Å²) in [7, 11) is -4.11. The molecule has 0 saturated heterocycles. The van der Waals surface area contributed by atoms with Crippen molar-refractivity contribution in [3.05, 3.63) is 71.3 Å². The number of ether oxygens (including phenoxy) is 1. The van der Waals surface area contributed by atoms with E-state index in [9.17, 15) is 13.2 Å². The first-order valence-electron chi connectivity index (χ1n) is 9.45. The minimum atomic E-state index is -4.11. The Hall–Kier alpha value is -2.71. The van der Waals surface area contributed by atoms with Gasteiger partial charge >= 0.3 is 0 Å². The molecule has 1 amide bonds. The molecule has 1 aliphatic rings. The van der Waals surface area contributed by atoms with Crippen LogP contribution in [0.2, 0.25) is 0 Å². The van der Waals surface area contributed by atoms with Gasteiger partial charge < -0.3 is 4.74 Å². The average Bonchev–Trinajstić information content (AvgIpc) is 2.69. The molecule has 2 aromatic carbocycles. The van der Waals surface area contributed by atoms with Gasteiger partial charge in [0.15, 0.2) is 6.10 Å². The highest BCUT2D eigenvalue weighted by molar-refractivity contribution is 7.88. The molecule has 0 spiro atoms. The number of hydrogen-bond donors (Lipinski definition) is 1. The number of benzene rings is 2. The first-order chi connectivity index (χ1) is 14.0. The molecule has 0 aromatic heterocycles. The van der Waals surface area contributed by atoms with E-state index in [1.54, 1.807) is 30.3 Å². The largest absolute Gasteiger partial charge is 0.475 e. The lowest BCUT2D eigenvalue weighted by atomic mass is 9.80. The molecule has 160 valence electrons. The summed E-state index contributed by atoms with van der Waals surface area (Å²) >= 11 is 0. The normalized spacial score (nSPS) is 17.5. The van der Waals surface area contributed by atoms with E-state index >= 15 is 4.39 Å². The molecule has 0 radical (unpaired) electrons. The van der Waals surface area contributed by atoms with Gasteiger partial charge in [0.2, 0.25) is 16.3 Å². The zero-order valence-electron chi connectivity index (χ0n) is 17.3. The Balaban J connectivity index is 1.94. The third-order valence-electron chi connectivity index (χ3n) is 4.72. The average molecular weight is 433 g/mol. The van der Waals surface area contributed by atoms with Gasteiger partial charge in [0.25, 0.3) is 5.91 Å². The topological polar surface area (TPSA) is 75.7 Å². The smallest absolute Gasteiger partial charge is 0.280 e. The molecule has 8 heteroatoms. The number of alkyl halides is 1. The highest BCUT2D eigenvalue weighted by Gasteiger charge is 2.39. The first-order valence-corrected chi connectivity index (χ1v) is 11.3. The number of carbonyl (C=O) groups excluding carboxylic acids is 1. The van der Waals surface area contributed by atoms with Gasteiger partial charge in [0.1, 0.15) is 5.75 Å². The molecule has 0 bridgehead atoms. The zero-order valence-corrected chi connectivity index (χ0v) is 18.1. The highest BCUT2D eigenvalue weighted by atomic mass is 32.2. The molecule has 1 N–H and O–H groups in total. The van der Waals surface area contributed by atoms with E-state index in [1.165, 1.54) is 12.1 Å². The minimum absolute atomic E-state index is 0.102. The van der Waals surface area contributed by atoms with Crippen LogP contribution in [0.25, 0.3) is 6.08 Å². The van der Waals surface area contributed by atoms with Crippen molar-refractivity contribution in [1.29, 1.82) is 0 Å². The van der Waals surface area contributed by atoms with Crippen LogP contribution in [0.3, 0.4) is 0 Å². The fourth-order valence-corrected chi connectivity index (χ4v) is 3.88. The van der Waals surface area contributed by atoms with Crippen LogP contribution in [0.15, 0.2) is 60.2 Å². The molecule has 2 atom stereocenters. The van der Waals surface area contributed by atoms with Crippen molar-refractivity contribution in [1.82, 2.24) is 9.84 Å². The van der Waals surface area contributed by atoms with E-state index in [0.717, 1.165) is 11.8 Å². The molecule has 3 rings (SSSR count). The number of hydrogen-bond acceptors (Lipinski definition) is 4. The summed E-state index contributed by atoms with van der Waals surface area (Å²) in [6.07, 6.45) is -0.492. The summed E-state index contributed by atoms with van der Waals surface area (Å²) < 4.78 is 45.8. The quantitative estimate of drug-likeness (QED) is 0.575. The summed E-state index contributed by atoms with van der Waals surface area (Å²) in [6.45, 7) is 5.77. The Bertz CT molecular complexity index is 1060. The van der Waals surface area contributed by atoms with Crippen molar-refractivity contribution in [2.45, 2.75) is 33.2 Å². The van der Waals surface area contributed by atoms with Crippen molar-refractivity contribution in [3.63, 3.8) is 0 Å². The van der Waals surface area contributed by atoms with Gasteiger partial charge in [-0.2, -0.15) is 0 Å². The lowest BCUT2D eigenvalue weighted by Gasteiger charge is -2.35. The second-order valence-corrected chi connectivity index (χ2v) is 10.0. The summed E-state index contributed by atoms with van der Waals surface area (Å²) in [5.41, 5.74) is 3.35. The lowest BCUT2D eigenvalue weighted by Crippen LogP contribution is -2.53. The fourth-order valence-electron chi connectivity index (χ4n) is 3.17. The molecule has 0 aliphatic carbocycles. The Kier molecular flexibility index (Phi) is 6.01. The first kappa shape index (κ1) is 22.0. The molecular weight excluding hydrogens is 407 g/mol. The Labute approximate surface area is 176 Å². The van der Waals surface area contributed by atoms with Gasteiger partial charge in [-0.05, 0) is 23.1 Å². The molecule has 30 heavy (non-hydrogen) atoms. The van der Waals surface area contributed by atoms with Gasteiger partial charge in [-0.15, -0.1) is 0 Å². The van der Waals surface area contributed by atoms with Crippen molar-refractivity contribution < 1.29 is 22.3 Å². The van der Waals surface area contributed by atoms with Crippen LogP contribution in [0.4, 0.5) is 4.39 Å². The summed E-state index contributed by atoms with van der Waals surface area (Å²) in [4.78, 5) is 13.1. The standard InChI is InChI=1S/C22H25FN2O4S/c1-22(2,3)17-14-16-12-8-9-13-18(16)29-19(17)21(26)24-25(30(4,27)28)20(23)15-10-6-5-7-11-15/h5-14,19-20H,1-4H3,(H,24,26). The van der Waals surface area contributed by atoms with Crippen molar-refractivity contribution in [2.75, 3.05) is 6.26 Å². The van der Waals surface area contributed by atoms with Gasteiger partial charge in [0.05, 0.1) is 6.26 Å². The molecule has 6 nitrogen and oxygen atoms in total. The number of nitrogens with zero attached hydrogens (tertiary/aromatic N) is 1. The van der Waals surface area contributed by atoms with Crippen LogP contribution in [-0.4, -0.2) is 31.1 Å². The van der Waals surface area contributed by atoms with Crippen LogP contribution in [0.1, 0.15) is 38.2 Å². The number of hydrazine groups is 1. The minimum Gasteiger partial charge on any atom is -0.475 e. The monoisotopic (exact) mass is 432 g/mol. The van der Waals surface area contributed by atoms with E-state index < -0.39 is 33.7 Å². The van der Waals surface area contributed by atoms with E-state index in [1.807, 2.05) is 39.0 Å². The Morgan fingerprint density at radius 2 is 1.70 bits per heavy atom. The number of carbonyl (C=O) groups is 1. The van der Waals surface area contributed by atoms with E-state index in [4.69, 9.17) is 4.74 Å². The number of nitrogens with one attached hydrogen (secondary N) is 1. The molecule has 1 aliphatic heterocycles. The van der Waals surface area contributed by atoms with E-state index in [0.29, 0.717) is 15.7 Å². The SMILES string of the molecule is CC(C)(C)C1=Cc2ccccc2OC1C(=O)NN(C(F)c1ccccc1)S(C)(=O)=O. The molecule has 0 saturated carbocycles. The predicted octanol–water partition coefficient (Wildman–Crippen LogP) is 3.84. The fraction of sp³-hybridized carbons (Fsp3) is 0.318.